The lowest BCUT2D eigenvalue weighted by Gasteiger charge is -2.28. The van der Waals surface area contributed by atoms with Gasteiger partial charge in [-0.3, -0.25) is 0 Å². The number of hydrogen-bond donors (Lipinski definition) is 0. The molecule has 126 valence electrons. The van der Waals surface area contributed by atoms with Crippen LogP contribution in [0.1, 0.15) is 50.1 Å². The number of halogens is 1. The minimum atomic E-state index is -2.54. The Kier molecular flexibility index (Phi) is 9.51. The number of hydrogen-bond acceptors (Lipinski definition) is 3. The Bertz CT molecular complexity index is 411. The maximum absolute atomic E-state index is 5.92. The van der Waals surface area contributed by atoms with Crippen molar-refractivity contribution >= 4 is 24.7 Å². The van der Waals surface area contributed by atoms with E-state index in [1.54, 1.807) is 0 Å². The van der Waals surface area contributed by atoms with E-state index in [0.29, 0.717) is 24.6 Å². The van der Waals surface area contributed by atoms with Crippen LogP contribution in [0.3, 0.4) is 0 Å². The quantitative estimate of drug-likeness (QED) is 0.388. The summed E-state index contributed by atoms with van der Waals surface area (Å²) in [5.74, 6) is 0. The van der Waals surface area contributed by atoms with Crippen molar-refractivity contribution in [2.24, 2.45) is 0 Å². The molecule has 22 heavy (non-hydrogen) atoms. The molecule has 5 heteroatoms. The Hall–Kier alpha value is -0.203. The Morgan fingerprint density at radius 1 is 1.00 bits per heavy atom. The molecule has 0 aromatic heterocycles. The van der Waals surface area contributed by atoms with Crippen LogP contribution >= 0.6 is 15.9 Å². The molecule has 0 radical (unpaired) electrons. The molecule has 1 aromatic carbocycles. The molecule has 0 bridgehead atoms. The average Bonchev–Trinajstić information content (AvgIpc) is 2.53. The number of rotatable bonds is 11. The lowest BCUT2D eigenvalue weighted by molar-refractivity contribution is 0.0714. The second kappa shape index (κ2) is 10.5. The highest BCUT2D eigenvalue weighted by Gasteiger charge is 2.39. The summed E-state index contributed by atoms with van der Waals surface area (Å²) >= 11 is 3.72. The van der Waals surface area contributed by atoms with E-state index >= 15 is 0 Å². The monoisotopic (exact) mass is 388 g/mol. The highest BCUT2D eigenvalue weighted by molar-refractivity contribution is 9.09. The van der Waals surface area contributed by atoms with Gasteiger partial charge in [-0.25, -0.2) is 0 Å². The second-order valence-corrected chi connectivity index (χ2v) is 8.94. The van der Waals surface area contributed by atoms with Crippen LogP contribution in [0.2, 0.25) is 6.04 Å². The third-order valence-corrected chi connectivity index (χ3v) is 7.71. The fraction of sp³-hybridized carbons (Fsp3) is 0.647. The highest BCUT2D eigenvalue weighted by Crippen LogP contribution is 2.27. The zero-order valence-electron chi connectivity index (χ0n) is 14.2. The molecule has 0 N–H and O–H groups in total. The molecular weight excluding hydrogens is 360 g/mol. The first kappa shape index (κ1) is 19.8. The molecule has 0 saturated carbocycles. The molecule has 0 heterocycles. The van der Waals surface area contributed by atoms with E-state index in [2.05, 4.69) is 47.1 Å². The summed E-state index contributed by atoms with van der Waals surface area (Å²) in [6.07, 6.45) is 2.00. The van der Waals surface area contributed by atoms with E-state index < -0.39 is 8.80 Å². The average molecular weight is 389 g/mol. The van der Waals surface area contributed by atoms with E-state index in [1.165, 1.54) is 11.1 Å². The van der Waals surface area contributed by atoms with E-state index in [0.717, 1.165) is 18.9 Å². The maximum atomic E-state index is 5.92. The van der Waals surface area contributed by atoms with Gasteiger partial charge in [-0.05, 0) is 44.7 Å². The topological polar surface area (TPSA) is 27.7 Å². The van der Waals surface area contributed by atoms with Gasteiger partial charge in [-0.15, -0.1) is 0 Å². The number of aryl methyl sites for hydroxylation is 1. The Morgan fingerprint density at radius 3 is 2.09 bits per heavy atom. The zero-order chi connectivity index (χ0) is 16.4. The molecule has 1 unspecified atom stereocenters. The van der Waals surface area contributed by atoms with Crippen LogP contribution in [-0.2, 0) is 19.7 Å². The Morgan fingerprint density at radius 2 is 1.59 bits per heavy atom. The summed E-state index contributed by atoms with van der Waals surface area (Å²) in [4.78, 5) is 0.417. The number of alkyl halides is 1. The first-order chi connectivity index (χ1) is 10.6. The van der Waals surface area contributed by atoms with E-state index in [4.69, 9.17) is 13.3 Å². The Balaban J connectivity index is 2.79. The van der Waals surface area contributed by atoms with Crippen LogP contribution in [0.25, 0.3) is 0 Å². The predicted octanol–water partition coefficient (Wildman–Crippen LogP) is 5.12. The van der Waals surface area contributed by atoms with Crippen molar-refractivity contribution in [1.29, 1.82) is 0 Å². The van der Waals surface area contributed by atoms with Crippen LogP contribution in [0, 0.1) is 0 Å². The first-order valence-electron chi connectivity index (χ1n) is 8.25. The van der Waals surface area contributed by atoms with Crippen LogP contribution in [-0.4, -0.2) is 28.6 Å². The molecule has 1 atom stereocenters. The van der Waals surface area contributed by atoms with Gasteiger partial charge >= 0.3 is 8.80 Å². The molecule has 0 amide bonds. The van der Waals surface area contributed by atoms with E-state index in [-0.39, 0.29) is 0 Å². The Labute approximate surface area is 144 Å². The molecule has 0 saturated heterocycles. The molecule has 1 aromatic rings. The predicted molar refractivity (Wildman–Crippen MR) is 97.5 cm³/mol. The summed E-state index contributed by atoms with van der Waals surface area (Å²) in [5, 5.41) is 0. The van der Waals surface area contributed by atoms with Gasteiger partial charge in [-0.1, -0.05) is 47.1 Å². The summed E-state index contributed by atoms with van der Waals surface area (Å²) in [5.41, 5.74) is 2.64. The number of benzene rings is 1. The van der Waals surface area contributed by atoms with Crippen LogP contribution in [0.5, 0.6) is 0 Å². The second-order valence-electron chi connectivity index (χ2n) is 5.10. The van der Waals surface area contributed by atoms with Gasteiger partial charge < -0.3 is 13.3 Å². The molecule has 0 fully saturated rings. The van der Waals surface area contributed by atoms with Crippen LogP contribution < -0.4 is 0 Å². The fourth-order valence-corrected chi connectivity index (χ4v) is 5.36. The van der Waals surface area contributed by atoms with Crippen molar-refractivity contribution in [1.82, 2.24) is 0 Å². The van der Waals surface area contributed by atoms with Gasteiger partial charge in [0.15, 0.2) is 0 Å². The van der Waals surface area contributed by atoms with Gasteiger partial charge in [0.2, 0.25) is 0 Å². The zero-order valence-corrected chi connectivity index (χ0v) is 16.8. The lowest BCUT2D eigenvalue weighted by Crippen LogP contribution is -2.46. The van der Waals surface area contributed by atoms with Crippen molar-refractivity contribution in [3.8, 4) is 0 Å². The molecule has 0 aliphatic heterocycles. The van der Waals surface area contributed by atoms with Gasteiger partial charge in [0.1, 0.15) is 0 Å². The minimum absolute atomic E-state index is 0.417. The van der Waals surface area contributed by atoms with Crippen molar-refractivity contribution in [3.63, 3.8) is 0 Å². The third kappa shape index (κ3) is 6.12. The first-order valence-corrected chi connectivity index (χ1v) is 11.1. The summed E-state index contributed by atoms with van der Waals surface area (Å²) < 4.78 is 17.7. The molecule has 1 rings (SSSR count). The van der Waals surface area contributed by atoms with Crippen molar-refractivity contribution in [2.45, 2.75) is 51.4 Å². The van der Waals surface area contributed by atoms with Gasteiger partial charge in [0.05, 0.1) is 0 Å². The third-order valence-electron chi connectivity index (χ3n) is 3.48. The van der Waals surface area contributed by atoms with Crippen LogP contribution in [0.4, 0.5) is 0 Å². The summed E-state index contributed by atoms with van der Waals surface area (Å²) in [6, 6.07) is 9.56. The molecular formula is C17H29BrO3Si. The molecule has 3 nitrogen and oxygen atoms in total. The summed E-state index contributed by atoms with van der Waals surface area (Å²) in [6.45, 7) is 10.1. The molecule has 0 aliphatic carbocycles. The highest BCUT2D eigenvalue weighted by atomic mass is 79.9. The summed E-state index contributed by atoms with van der Waals surface area (Å²) in [7, 11) is -2.54. The SMILES string of the molecule is CCO[Si](CCc1cccc(C(Br)CC)c1)(OCC)OCC. The largest absolute Gasteiger partial charge is 0.501 e. The van der Waals surface area contributed by atoms with Crippen molar-refractivity contribution < 1.29 is 13.3 Å². The normalized spacial score (nSPS) is 13.3. The van der Waals surface area contributed by atoms with Gasteiger partial charge in [0.25, 0.3) is 0 Å². The minimum Gasteiger partial charge on any atom is -0.374 e. The standard InChI is InChI=1S/C17H29BrO3Si/c1-5-17(18)16-11-9-10-15(14-16)12-13-22(19-6-2,20-7-3)21-8-4/h9-11,14,17H,5-8,12-13H2,1-4H3. The van der Waals surface area contributed by atoms with E-state index in [1.807, 2.05) is 20.8 Å². The smallest absolute Gasteiger partial charge is 0.374 e. The molecule has 0 aliphatic rings. The van der Waals surface area contributed by atoms with E-state index in [9.17, 15) is 0 Å². The maximum Gasteiger partial charge on any atom is 0.501 e. The lowest BCUT2D eigenvalue weighted by atomic mass is 10.1. The van der Waals surface area contributed by atoms with Crippen molar-refractivity contribution in [2.75, 3.05) is 19.8 Å². The fourth-order valence-electron chi connectivity index (χ4n) is 2.48. The molecule has 0 spiro atoms. The van der Waals surface area contributed by atoms with Crippen LogP contribution in [0.15, 0.2) is 24.3 Å². The van der Waals surface area contributed by atoms with Crippen molar-refractivity contribution in [3.05, 3.63) is 35.4 Å². The van der Waals surface area contributed by atoms with Gasteiger partial charge in [0, 0.05) is 30.7 Å². The van der Waals surface area contributed by atoms with Gasteiger partial charge in [-0.2, -0.15) is 0 Å².